The molecule has 1 aliphatic rings. The van der Waals surface area contributed by atoms with Crippen molar-refractivity contribution < 1.29 is 4.74 Å². The molecule has 0 bridgehead atoms. The van der Waals surface area contributed by atoms with Crippen molar-refractivity contribution in [2.45, 2.75) is 38.0 Å². The van der Waals surface area contributed by atoms with Gasteiger partial charge in [0.05, 0.1) is 11.6 Å². The van der Waals surface area contributed by atoms with Crippen LogP contribution in [0, 0.1) is 6.92 Å². The molecule has 3 heteroatoms. The third-order valence-corrected chi connectivity index (χ3v) is 4.63. The number of benzene rings is 1. The van der Waals surface area contributed by atoms with E-state index in [0.29, 0.717) is 6.54 Å². The van der Waals surface area contributed by atoms with Gasteiger partial charge in [-0.05, 0) is 47.3 Å². The molecule has 0 aromatic heterocycles. The van der Waals surface area contributed by atoms with Crippen LogP contribution in [0.4, 0.5) is 0 Å². The summed E-state index contributed by atoms with van der Waals surface area (Å²) >= 11 is 3.58. The van der Waals surface area contributed by atoms with Crippen molar-refractivity contribution in [3.05, 3.63) is 27.7 Å². The van der Waals surface area contributed by atoms with Crippen LogP contribution in [0.25, 0.3) is 0 Å². The van der Waals surface area contributed by atoms with E-state index in [-0.39, 0.29) is 5.41 Å². The first-order chi connectivity index (χ1) is 8.14. The van der Waals surface area contributed by atoms with Crippen LogP contribution in [-0.2, 0) is 5.41 Å². The number of methoxy groups -OCH3 is 1. The van der Waals surface area contributed by atoms with Crippen molar-refractivity contribution in [3.8, 4) is 5.75 Å². The second-order valence-electron chi connectivity index (χ2n) is 4.96. The lowest BCUT2D eigenvalue weighted by Crippen LogP contribution is -2.33. The first-order valence-corrected chi connectivity index (χ1v) is 6.97. The van der Waals surface area contributed by atoms with E-state index in [1.807, 2.05) is 0 Å². The molecule has 17 heavy (non-hydrogen) atoms. The van der Waals surface area contributed by atoms with Gasteiger partial charge in [-0.2, -0.15) is 0 Å². The second-order valence-corrected chi connectivity index (χ2v) is 5.82. The smallest absolute Gasteiger partial charge is 0.137 e. The minimum Gasteiger partial charge on any atom is -0.495 e. The molecule has 0 unspecified atom stereocenters. The number of halogens is 1. The molecule has 2 N–H and O–H groups in total. The van der Waals surface area contributed by atoms with E-state index in [2.05, 4.69) is 35.0 Å². The van der Waals surface area contributed by atoms with Gasteiger partial charge in [-0.3, -0.25) is 0 Å². The minimum absolute atomic E-state index is 0.124. The van der Waals surface area contributed by atoms with E-state index in [1.54, 1.807) is 7.11 Å². The molecule has 1 fully saturated rings. The second kappa shape index (κ2) is 4.99. The average molecular weight is 298 g/mol. The topological polar surface area (TPSA) is 35.2 Å². The summed E-state index contributed by atoms with van der Waals surface area (Å²) in [6, 6.07) is 4.20. The summed E-state index contributed by atoms with van der Waals surface area (Å²) in [6.07, 6.45) is 4.90. The van der Waals surface area contributed by atoms with Gasteiger partial charge in [0.25, 0.3) is 0 Å². The maximum absolute atomic E-state index is 6.07. The van der Waals surface area contributed by atoms with Crippen molar-refractivity contribution in [2.75, 3.05) is 13.7 Å². The Kier molecular flexibility index (Phi) is 3.79. The van der Waals surface area contributed by atoms with Crippen LogP contribution in [-0.4, -0.2) is 13.7 Å². The Hall–Kier alpha value is -0.540. The molecule has 0 radical (unpaired) electrons. The third-order valence-electron chi connectivity index (χ3n) is 4.00. The van der Waals surface area contributed by atoms with Gasteiger partial charge in [0.2, 0.25) is 0 Å². The lowest BCUT2D eigenvalue weighted by Gasteiger charge is -2.31. The number of nitrogens with two attached hydrogens (primary N) is 1. The summed E-state index contributed by atoms with van der Waals surface area (Å²) in [4.78, 5) is 0. The number of hydrogen-bond donors (Lipinski definition) is 1. The highest BCUT2D eigenvalue weighted by Gasteiger charge is 2.38. The van der Waals surface area contributed by atoms with Crippen LogP contribution >= 0.6 is 15.9 Å². The van der Waals surface area contributed by atoms with Gasteiger partial charge in [-0.25, -0.2) is 0 Å². The zero-order chi connectivity index (χ0) is 12.5. The Labute approximate surface area is 112 Å². The molecule has 0 saturated heterocycles. The van der Waals surface area contributed by atoms with E-state index in [9.17, 15) is 0 Å². The van der Waals surface area contributed by atoms with E-state index in [0.717, 1.165) is 10.2 Å². The summed E-state index contributed by atoms with van der Waals surface area (Å²) in [6.45, 7) is 2.86. The molecule has 0 heterocycles. The fraction of sp³-hybridized carbons (Fsp3) is 0.571. The zero-order valence-corrected chi connectivity index (χ0v) is 12.1. The number of rotatable bonds is 3. The molecular weight excluding hydrogens is 278 g/mol. The average Bonchev–Trinajstić information content (AvgIpc) is 2.81. The van der Waals surface area contributed by atoms with Crippen molar-refractivity contribution in [1.29, 1.82) is 0 Å². The minimum atomic E-state index is 0.124. The number of ether oxygens (including phenoxy) is 1. The largest absolute Gasteiger partial charge is 0.495 e. The molecule has 0 spiro atoms. The Morgan fingerprint density at radius 2 is 2.00 bits per heavy atom. The SMILES string of the molecule is COc1c(Br)ccc(C)c1C1(CN)CCCC1. The van der Waals surface area contributed by atoms with Crippen LogP contribution < -0.4 is 10.5 Å². The molecule has 1 aliphatic carbocycles. The Morgan fingerprint density at radius 3 is 2.53 bits per heavy atom. The first-order valence-electron chi connectivity index (χ1n) is 6.18. The molecule has 0 atom stereocenters. The summed E-state index contributed by atoms with van der Waals surface area (Å²) in [7, 11) is 1.74. The quantitative estimate of drug-likeness (QED) is 0.926. The van der Waals surface area contributed by atoms with Crippen molar-refractivity contribution in [3.63, 3.8) is 0 Å². The maximum Gasteiger partial charge on any atom is 0.137 e. The van der Waals surface area contributed by atoms with Gasteiger partial charge in [0.1, 0.15) is 5.75 Å². The fourth-order valence-corrected chi connectivity index (χ4v) is 3.61. The Bertz CT molecular complexity index is 411. The van der Waals surface area contributed by atoms with Crippen LogP contribution in [0.5, 0.6) is 5.75 Å². The lowest BCUT2D eigenvalue weighted by molar-refractivity contribution is 0.374. The molecule has 2 nitrogen and oxygen atoms in total. The lowest BCUT2D eigenvalue weighted by atomic mass is 9.76. The van der Waals surface area contributed by atoms with Gasteiger partial charge in [-0.1, -0.05) is 18.9 Å². The monoisotopic (exact) mass is 297 g/mol. The molecule has 2 rings (SSSR count). The number of aryl methyl sites for hydroxylation is 1. The van der Waals surface area contributed by atoms with Gasteiger partial charge < -0.3 is 10.5 Å². The van der Waals surface area contributed by atoms with Crippen molar-refractivity contribution in [2.24, 2.45) is 5.73 Å². The molecule has 1 aromatic carbocycles. The third kappa shape index (κ3) is 2.11. The summed E-state index contributed by atoms with van der Waals surface area (Å²) in [5.41, 5.74) is 8.80. The summed E-state index contributed by atoms with van der Waals surface area (Å²) in [5, 5.41) is 0. The van der Waals surface area contributed by atoms with Crippen molar-refractivity contribution in [1.82, 2.24) is 0 Å². The molecule has 0 aliphatic heterocycles. The van der Waals surface area contributed by atoms with E-state index < -0.39 is 0 Å². The molecule has 1 aromatic rings. The molecule has 0 amide bonds. The van der Waals surface area contributed by atoms with E-state index >= 15 is 0 Å². The van der Waals surface area contributed by atoms with Gasteiger partial charge in [0.15, 0.2) is 0 Å². The van der Waals surface area contributed by atoms with Crippen LogP contribution in [0.15, 0.2) is 16.6 Å². The fourth-order valence-electron chi connectivity index (χ4n) is 3.12. The summed E-state index contributed by atoms with van der Waals surface area (Å²) in [5.74, 6) is 0.970. The Balaban J connectivity index is 2.60. The van der Waals surface area contributed by atoms with Crippen molar-refractivity contribution >= 4 is 15.9 Å². The normalized spacial score (nSPS) is 18.4. The molecule has 1 saturated carbocycles. The predicted molar refractivity (Wildman–Crippen MR) is 74.6 cm³/mol. The predicted octanol–water partition coefficient (Wildman–Crippen LogP) is 3.54. The van der Waals surface area contributed by atoms with Gasteiger partial charge in [-0.15, -0.1) is 0 Å². The highest BCUT2D eigenvalue weighted by Crippen LogP contribution is 2.47. The van der Waals surface area contributed by atoms with Crippen LogP contribution in [0.2, 0.25) is 0 Å². The Morgan fingerprint density at radius 1 is 1.35 bits per heavy atom. The standard InChI is InChI=1S/C14H20BrNO/c1-10-5-6-11(15)13(17-2)12(10)14(9-16)7-3-4-8-14/h5-6H,3-4,7-9,16H2,1-2H3. The van der Waals surface area contributed by atoms with Crippen LogP contribution in [0.1, 0.15) is 36.8 Å². The zero-order valence-electron chi connectivity index (χ0n) is 10.6. The van der Waals surface area contributed by atoms with E-state index in [4.69, 9.17) is 10.5 Å². The molecular formula is C14H20BrNO. The van der Waals surface area contributed by atoms with Gasteiger partial charge in [0, 0.05) is 17.5 Å². The van der Waals surface area contributed by atoms with Crippen LogP contribution in [0.3, 0.4) is 0 Å². The highest BCUT2D eigenvalue weighted by molar-refractivity contribution is 9.10. The molecule has 94 valence electrons. The van der Waals surface area contributed by atoms with Gasteiger partial charge >= 0.3 is 0 Å². The van der Waals surface area contributed by atoms with E-state index in [1.165, 1.54) is 36.8 Å². The summed E-state index contributed by atoms with van der Waals surface area (Å²) < 4.78 is 6.62. The maximum atomic E-state index is 6.07. The number of hydrogen-bond acceptors (Lipinski definition) is 2. The first kappa shape index (κ1) is 12.9. The highest BCUT2D eigenvalue weighted by atomic mass is 79.9.